The average molecular weight is 238 g/mol. The number of nitrogens with two attached hydrogens (primary N) is 1. The van der Waals surface area contributed by atoms with Gasteiger partial charge in [-0.15, -0.1) is 0 Å². The summed E-state index contributed by atoms with van der Waals surface area (Å²) in [5.41, 5.74) is 4.83. The topological polar surface area (TPSA) is 72.9 Å². The number of likely N-dealkylation sites (N-methyl/N-ethyl adjacent to an activating group) is 1. The summed E-state index contributed by atoms with van der Waals surface area (Å²) in [7, 11) is 0. The van der Waals surface area contributed by atoms with Gasteiger partial charge < -0.3 is 11.1 Å². The van der Waals surface area contributed by atoms with Gasteiger partial charge in [0.1, 0.15) is 0 Å². The van der Waals surface area contributed by atoms with E-state index in [1.165, 1.54) is 0 Å². The van der Waals surface area contributed by atoms with E-state index in [2.05, 4.69) is 10.4 Å². The fraction of sp³-hybridized carbons (Fsp3) is 0.667. The normalized spacial score (nSPS) is 14.5. The van der Waals surface area contributed by atoms with Gasteiger partial charge in [0.15, 0.2) is 0 Å². The summed E-state index contributed by atoms with van der Waals surface area (Å²) in [5, 5.41) is 7.29. The monoisotopic (exact) mass is 238 g/mol. The first-order valence-electron chi connectivity index (χ1n) is 6.11. The lowest BCUT2D eigenvalue weighted by Gasteiger charge is -2.26. The third-order valence-electron chi connectivity index (χ3n) is 2.98. The fourth-order valence-electron chi connectivity index (χ4n) is 1.87. The first-order valence-corrected chi connectivity index (χ1v) is 6.11. The molecule has 1 unspecified atom stereocenters. The molecule has 0 saturated heterocycles. The van der Waals surface area contributed by atoms with E-state index in [1.807, 2.05) is 30.8 Å². The average Bonchev–Trinajstić information content (AvgIpc) is 2.77. The molecule has 0 aliphatic heterocycles. The molecule has 0 aliphatic carbocycles. The van der Waals surface area contributed by atoms with Crippen molar-refractivity contribution in [3.05, 3.63) is 18.5 Å². The zero-order valence-corrected chi connectivity index (χ0v) is 10.6. The standard InChI is InChI=1S/C12H22N4O/c1-3-14-12(2,11(13)17)7-4-5-9-16-10-6-8-15-16/h6,8,10,14H,3-5,7,9H2,1-2H3,(H2,13,17). The first kappa shape index (κ1) is 13.7. The largest absolute Gasteiger partial charge is 0.368 e. The molecule has 5 nitrogen and oxygen atoms in total. The van der Waals surface area contributed by atoms with Gasteiger partial charge in [0.05, 0.1) is 5.54 Å². The van der Waals surface area contributed by atoms with Crippen molar-refractivity contribution in [2.45, 2.75) is 45.2 Å². The van der Waals surface area contributed by atoms with Crippen LogP contribution in [0.25, 0.3) is 0 Å². The predicted octanol–water partition coefficient (Wildman–Crippen LogP) is 0.907. The summed E-state index contributed by atoms with van der Waals surface area (Å²) in [4.78, 5) is 11.4. The number of hydrogen-bond acceptors (Lipinski definition) is 3. The molecule has 0 aromatic carbocycles. The number of carbonyl (C=O) groups is 1. The maximum atomic E-state index is 11.4. The van der Waals surface area contributed by atoms with Crippen molar-refractivity contribution in [2.24, 2.45) is 5.73 Å². The Bertz CT molecular complexity index is 336. The van der Waals surface area contributed by atoms with Gasteiger partial charge in [-0.3, -0.25) is 9.48 Å². The van der Waals surface area contributed by atoms with Crippen molar-refractivity contribution in [3.63, 3.8) is 0 Å². The van der Waals surface area contributed by atoms with Crippen molar-refractivity contribution >= 4 is 5.91 Å². The molecule has 0 saturated carbocycles. The van der Waals surface area contributed by atoms with Crippen LogP contribution >= 0.6 is 0 Å². The predicted molar refractivity (Wildman–Crippen MR) is 67.4 cm³/mol. The highest BCUT2D eigenvalue weighted by Crippen LogP contribution is 2.13. The summed E-state index contributed by atoms with van der Waals surface area (Å²) in [6, 6.07) is 1.91. The molecule has 0 bridgehead atoms. The Labute approximate surface area is 102 Å². The summed E-state index contributed by atoms with van der Waals surface area (Å²) >= 11 is 0. The minimum absolute atomic E-state index is 0.279. The molecule has 1 atom stereocenters. The minimum atomic E-state index is -0.584. The van der Waals surface area contributed by atoms with E-state index in [0.717, 1.165) is 32.4 Å². The van der Waals surface area contributed by atoms with E-state index >= 15 is 0 Å². The number of primary amides is 1. The summed E-state index contributed by atoms with van der Waals surface area (Å²) in [6.45, 7) is 5.48. The quantitative estimate of drug-likeness (QED) is 0.661. The molecule has 96 valence electrons. The van der Waals surface area contributed by atoms with Crippen molar-refractivity contribution < 1.29 is 4.79 Å². The molecule has 1 aromatic heterocycles. The van der Waals surface area contributed by atoms with Crippen LogP contribution in [0.1, 0.15) is 33.1 Å². The van der Waals surface area contributed by atoms with E-state index in [-0.39, 0.29) is 5.91 Å². The number of unbranched alkanes of at least 4 members (excludes halogenated alkanes) is 1. The molecule has 1 rings (SSSR count). The second-order valence-corrected chi connectivity index (χ2v) is 4.45. The van der Waals surface area contributed by atoms with Crippen LogP contribution < -0.4 is 11.1 Å². The van der Waals surface area contributed by atoms with E-state index < -0.39 is 5.54 Å². The van der Waals surface area contributed by atoms with Crippen LogP contribution in [-0.2, 0) is 11.3 Å². The molecule has 0 aliphatic rings. The van der Waals surface area contributed by atoms with E-state index in [1.54, 1.807) is 6.20 Å². The highest BCUT2D eigenvalue weighted by molar-refractivity contribution is 5.84. The highest BCUT2D eigenvalue weighted by Gasteiger charge is 2.28. The Hall–Kier alpha value is -1.36. The van der Waals surface area contributed by atoms with Crippen molar-refractivity contribution in [3.8, 4) is 0 Å². The minimum Gasteiger partial charge on any atom is -0.368 e. The summed E-state index contributed by atoms with van der Waals surface area (Å²) in [6.07, 6.45) is 6.42. The number of aryl methyl sites for hydroxylation is 1. The van der Waals surface area contributed by atoms with E-state index in [0.29, 0.717) is 0 Å². The van der Waals surface area contributed by atoms with Crippen LogP contribution in [0, 0.1) is 0 Å². The van der Waals surface area contributed by atoms with Crippen molar-refractivity contribution in [2.75, 3.05) is 6.54 Å². The number of carbonyl (C=O) groups excluding carboxylic acids is 1. The van der Waals surface area contributed by atoms with Gasteiger partial charge in [-0.2, -0.15) is 5.10 Å². The first-order chi connectivity index (χ1) is 8.08. The van der Waals surface area contributed by atoms with Gasteiger partial charge in [0.25, 0.3) is 0 Å². The van der Waals surface area contributed by atoms with E-state index in [9.17, 15) is 4.79 Å². The summed E-state index contributed by atoms with van der Waals surface area (Å²) < 4.78 is 1.90. The number of amides is 1. The van der Waals surface area contributed by atoms with Gasteiger partial charge >= 0.3 is 0 Å². The Morgan fingerprint density at radius 3 is 2.82 bits per heavy atom. The molecule has 1 heterocycles. The fourth-order valence-corrected chi connectivity index (χ4v) is 1.87. The van der Waals surface area contributed by atoms with Crippen LogP contribution in [0.15, 0.2) is 18.5 Å². The number of nitrogens with one attached hydrogen (secondary N) is 1. The van der Waals surface area contributed by atoms with Gasteiger partial charge in [-0.1, -0.05) is 6.92 Å². The van der Waals surface area contributed by atoms with Gasteiger partial charge in [-0.25, -0.2) is 0 Å². The third kappa shape index (κ3) is 4.19. The lowest BCUT2D eigenvalue weighted by molar-refractivity contribution is -0.124. The molecule has 17 heavy (non-hydrogen) atoms. The second kappa shape index (κ2) is 6.39. The molecule has 1 aromatic rings. The molecule has 0 spiro atoms. The lowest BCUT2D eigenvalue weighted by atomic mass is 9.94. The molecule has 0 radical (unpaired) electrons. The lowest BCUT2D eigenvalue weighted by Crippen LogP contribution is -2.52. The molecule has 1 amide bonds. The molecule has 5 heteroatoms. The number of rotatable bonds is 8. The summed E-state index contributed by atoms with van der Waals surface area (Å²) in [5.74, 6) is -0.279. The Morgan fingerprint density at radius 1 is 1.53 bits per heavy atom. The number of nitrogens with zero attached hydrogens (tertiary/aromatic N) is 2. The second-order valence-electron chi connectivity index (χ2n) is 4.45. The Kier molecular flexibility index (Phi) is 5.15. The molecular formula is C12H22N4O. The van der Waals surface area contributed by atoms with Gasteiger partial charge in [0, 0.05) is 18.9 Å². The zero-order valence-electron chi connectivity index (χ0n) is 10.6. The third-order valence-corrected chi connectivity index (χ3v) is 2.98. The Morgan fingerprint density at radius 2 is 2.29 bits per heavy atom. The highest BCUT2D eigenvalue weighted by atomic mass is 16.1. The van der Waals surface area contributed by atoms with Gasteiger partial charge in [0.2, 0.25) is 5.91 Å². The van der Waals surface area contributed by atoms with Crippen LogP contribution in [0.4, 0.5) is 0 Å². The zero-order chi connectivity index (χ0) is 12.7. The van der Waals surface area contributed by atoms with Crippen LogP contribution in [0.5, 0.6) is 0 Å². The van der Waals surface area contributed by atoms with Crippen molar-refractivity contribution in [1.82, 2.24) is 15.1 Å². The number of hydrogen-bond donors (Lipinski definition) is 2. The van der Waals surface area contributed by atoms with Crippen LogP contribution in [-0.4, -0.2) is 27.8 Å². The maximum absolute atomic E-state index is 11.4. The Balaban J connectivity index is 2.30. The maximum Gasteiger partial charge on any atom is 0.237 e. The van der Waals surface area contributed by atoms with Crippen LogP contribution in [0.2, 0.25) is 0 Å². The number of aromatic nitrogens is 2. The SMILES string of the molecule is CCNC(C)(CCCCn1cccn1)C(N)=O. The molecule has 0 fully saturated rings. The van der Waals surface area contributed by atoms with Crippen LogP contribution in [0.3, 0.4) is 0 Å². The molecular weight excluding hydrogens is 216 g/mol. The van der Waals surface area contributed by atoms with Gasteiger partial charge in [-0.05, 0) is 38.8 Å². The van der Waals surface area contributed by atoms with Crippen molar-refractivity contribution in [1.29, 1.82) is 0 Å². The molecule has 3 N–H and O–H groups in total. The van der Waals surface area contributed by atoms with E-state index in [4.69, 9.17) is 5.73 Å². The smallest absolute Gasteiger partial charge is 0.237 e.